The van der Waals surface area contributed by atoms with Crippen LogP contribution in [-0.2, 0) is 0 Å². The van der Waals surface area contributed by atoms with Crippen LogP contribution in [0.15, 0.2) is 223 Å². The lowest BCUT2D eigenvalue weighted by Crippen LogP contribution is -1.95. The summed E-state index contributed by atoms with van der Waals surface area (Å²) in [6.07, 6.45) is 8.96. The Bertz CT molecular complexity index is 4100. The molecule has 0 fully saturated rings. The molecule has 11 aromatic carbocycles. The van der Waals surface area contributed by atoms with E-state index in [1.807, 2.05) is 11.3 Å². The third-order valence-electron chi connectivity index (χ3n) is 14.1. The van der Waals surface area contributed by atoms with Crippen molar-refractivity contribution in [3.8, 4) is 44.5 Å². The van der Waals surface area contributed by atoms with Crippen molar-refractivity contribution >= 4 is 102 Å². The Morgan fingerprint density at radius 2 is 0.864 bits per heavy atom. The first-order valence-electron chi connectivity index (χ1n) is 23.0. The summed E-state index contributed by atoms with van der Waals surface area (Å²) in [7, 11) is 0. The van der Waals surface area contributed by atoms with E-state index < -0.39 is 0 Å². The minimum atomic E-state index is 0.899. The summed E-state index contributed by atoms with van der Waals surface area (Å²) in [4.78, 5) is 0. The van der Waals surface area contributed by atoms with Crippen molar-refractivity contribution in [2.24, 2.45) is 0 Å². The third-order valence-corrected chi connectivity index (χ3v) is 15.3. The van der Waals surface area contributed by atoms with Gasteiger partial charge in [0.05, 0.1) is 0 Å². The SMILES string of the molecule is C1=CCCC(c2c3ccccc3c(-c3cccc4sc5c(-c6c7ccccc7c(-c7ccc8oc9ccc(-c%10ccccc%10)cc9c8c7)c7ccccc67)cccc5c34)c3ccccc23)=C1. The lowest BCUT2D eigenvalue weighted by Gasteiger charge is -2.20. The van der Waals surface area contributed by atoms with E-state index in [1.165, 1.54) is 119 Å². The second-order valence-corrected chi connectivity index (χ2v) is 18.7. The third kappa shape index (κ3) is 5.59. The van der Waals surface area contributed by atoms with Crippen molar-refractivity contribution in [1.82, 2.24) is 0 Å². The van der Waals surface area contributed by atoms with Crippen LogP contribution in [0.25, 0.3) is 135 Å². The molecule has 1 nitrogen and oxygen atoms in total. The average molecular weight is 857 g/mol. The molecule has 66 heavy (non-hydrogen) atoms. The molecule has 14 rings (SSSR count). The van der Waals surface area contributed by atoms with Crippen LogP contribution in [-0.4, -0.2) is 0 Å². The molecule has 0 saturated heterocycles. The van der Waals surface area contributed by atoms with Gasteiger partial charge in [-0.15, -0.1) is 11.3 Å². The number of benzene rings is 11. The number of thiophene rings is 1. The molecule has 0 bridgehead atoms. The first kappa shape index (κ1) is 37.3. The zero-order chi connectivity index (χ0) is 43.3. The molecule has 0 unspecified atom stereocenters. The van der Waals surface area contributed by atoms with Crippen LogP contribution < -0.4 is 0 Å². The molecule has 0 aliphatic heterocycles. The Kier molecular flexibility index (Phi) is 8.35. The quantitative estimate of drug-likeness (QED) is 0.157. The molecule has 0 spiro atoms. The molecule has 0 amide bonds. The van der Waals surface area contributed by atoms with Crippen molar-refractivity contribution < 1.29 is 4.42 Å². The van der Waals surface area contributed by atoms with Gasteiger partial charge >= 0.3 is 0 Å². The highest BCUT2D eigenvalue weighted by Gasteiger charge is 2.24. The highest BCUT2D eigenvalue weighted by Crippen LogP contribution is 2.52. The van der Waals surface area contributed by atoms with Crippen molar-refractivity contribution in [3.63, 3.8) is 0 Å². The lowest BCUT2D eigenvalue weighted by atomic mass is 9.83. The van der Waals surface area contributed by atoms with E-state index in [2.05, 4.69) is 218 Å². The van der Waals surface area contributed by atoms with Crippen molar-refractivity contribution in [2.45, 2.75) is 12.8 Å². The molecule has 13 aromatic rings. The molecular formula is C64H40OS. The summed E-state index contributed by atoms with van der Waals surface area (Å²) in [5, 5.41) is 15.1. The van der Waals surface area contributed by atoms with Crippen LogP contribution in [0, 0.1) is 0 Å². The summed E-state index contributed by atoms with van der Waals surface area (Å²) in [6, 6.07) is 74.1. The monoisotopic (exact) mass is 856 g/mol. The summed E-state index contributed by atoms with van der Waals surface area (Å²) < 4.78 is 9.07. The predicted molar refractivity (Wildman–Crippen MR) is 285 cm³/mol. The van der Waals surface area contributed by atoms with E-state index in [9.17, 15) is 0 Å². The molecule has 0 N–H and O–H groups in total. The Morgan fingerprint density at radius 3 is 1.47 bits per heavy atom. The Balaban J connectivity index is 1.00. The van der Waals surface area contributed by atoms with Gasteiger partial charge in [-0.2, -0.15) is 0 Å². The standard InChI is InChI=1S/C64H40OS/c1-3-17-39(18-4-1)41-33-35-56-54(37-41)55-38-42(34-36-57(55)65-56)60-45-23-9-13-27-49(45)62(50-28-14-10-24-46(50)60)52-30-15-31-53-63-51(29-16-32-58(63)66-64(52)53)61-47-25-11-7-21-43(47)59(40-19-5-2-6-20-40)44-22-8-12-26-48(44)61/h1-5,7-19,21-38H,6,20H2. The highest BCUT2D eigenvalue weighted by molar-refractivity contribution is 7.26. The number of fused-ring (bicyclic) bond motifs is 10. The van der Waals surface area contributed by atoms with Crippen LogP contribution in [0.1, 0.15) is 18.4 Å². The van der Waals surface area contributed by atoms with Crippen molar-refractivity contribution in [1.29, 1.82) is 0 Å². The molecule has 1 aliphatic rings. The molecule has 2 heterocycles. The van der Waals surface area contributed by atoms with E-state index in [1.54, 1.807) is 0 Å². The number of furan rings is 1. The summed E-state index contributed by atoms with van der Waals surface area (Å²) in [5.74, 6) is 0. The van der Waals surface area contributed by atoms with Gasteiger partial charge in [-0.25, -0.2) is 0 Å². The second kappa shape index (κ2) is 14.8. The van der Waals surface area contributed by atoms with Crippen LogP contribution >= 0.6 is 11.3 Å². The predicted octanol–water partition coefficient (Wildman–Crippen LogP) is 19.0. The zero-order valence-corrected chi connectivity index (χ0v) is 36.8. The zero-order valence-electron chi connectivity index (χ0n) is 36.0. The van der Waals surface area contributed by atoms with E-state index >= 15 is 0 Å². The highest BCUT2D eigenvalue weighted by atomic mass is 32.1. The second-order valence-electron chi connectivity index (χ2n) is 17.7. The molecule has 0 saturated carbocycles. The van der Waals surface area contributed by atoms with Crippen LogP contribution in [0.5, 0.6) is 0 Å². The maximum atomic E-state index is 6.46. The summed E-state index contributed by atoms with van der Waals surface area (Å²) in [5.41, 5.74) is 14.5. The van der Waals surface area contributed by atoms with Gasteiger partial charge in [-0.05, 0) is 136 Å². The van der Waals surface area contributed by atoms with Gasteiger partial charge < -0.3 is 4.42 Å². The smallest absolute Gasteiger partial charge is 0.135 e. The van der Waals surface area contributed by atoms with Crippen molar-refractivity contribution in [2.75, 3.05) is 0 Å². The van der Waals surface area contributed by atoms with E-state index in [0.29, 0.717) is 0 Å². The van der Waals surface area contributed by atoms with Crippen LogP contribution in [0.4, 0.5) is 0 Å². The van der Waals surface area contributed by atoms with Gasteiger partial charge in [-0.3, -0.25) is 0 Å². The van der Waals surface area contributed by atoms with E-state index in [4.69, 9.17) is 4.42 Å². The molecule has 0 radical (unpaired) electrons. The Morgan fingerprint density at radius 1 is 0.364 bits per heavy atom. The fourth-order valence-corrected chi connectivity index (χ4v) is 12.5. The largest absolute Gasteiger partial charge is 0.456 e. The average Bonchev–Trinajstić information content (AvgIpc) is 3.96. The molecular weight excluding hydrogens is 817 g/mol. The fourth-order valence-electron chi connectivity index (χ4n) is 11.3. The molecule has 1 aliphatic carbocycles. The number of rotatable bonds is 5. The van der Waals surface area contributed by atoms with E-state index in [0.717, 1.165) is 34.8 Å². The van der Waals surface area contributed by atoms with Gasteiger partial charge in [-0.1, -0.05) is 188 Å². The summed E-state index contributed by atoms with van der Waals surface area (Å²) >= 11 is 1.92. The minimum Gasteiger partial charge on any atom is -0.456 e. The van der Waals surface area contributed by atoms with Gasteiger partial charge in [0.2, 0.25) is 0 Å². The molecule has 0 atom stereocenters. The summed E-state index contributed by atoms with van der Waals surface area (Å²) in [6.45, 7) is 0. The Hall–Kier alpha value is -8.04. The first-order valence-corrected chi connectivity index (χ1v) is 23.8. The lowest BCUT2D eigenvalue weighted by molar-refractivity contribution is 0.669. The van der Waals surface area contributed by atoms with Crippen molar-refractivity contribution in [3.05, 3.63) is 224 Å². The van der Waals surface area contributed by atoms with E-state index in [-0.39, 0.29) is 0 Å². The maximum Gasteiger partial charge on any atom is 0.135 e. The van der Waals surface area contributed by atoms with Gasteiger partial charge in [0.15, 0.2) is 0 Å². The van der Waals surface area contributed by atoms with Gasteiger partial charge in [0.1, 0.15) is 11.2 Å². The van der Waals surface area contributed by atoms with Gasteiger partial charge in [0, 0.05) is 36.5 Å². The number of allylic oxidation sites excluding steroid dienone is 4. The minimum absolute atomic E-state index is 0.899. The topological polar surface area (TPSA) is 13.1 Å². The van der Waals surface area contributed by atoms with Crippen LogP contribution in [0.3, 0.4) is 0 Å². The normalized spacial score (nSPS) is 13.1. The number of hydrogen-bond acceptors (Lipinski definition) is 2. The Labute approximate surface area is 385 Å². The fraction of sp³-hybridized carbons (Fsp3) is 0.0312. The van der Waals surface area contributed by atoms with Gasteiger partial charge in [0.25, 0.3) is 0 Å². The molecule has 308 valence electrons. The number of hydrogen-bond donors (Lipinski definition) is 0. The van der Waals surface area contributed by atoms with Crippen LogP contribution in [0.2, 0.25) is 0 Å². The molecule has 2 heteroatoms. The first-order chi connectivity index (χ1) is 32.8. The maximum absolute atomic E-state index is 6.46. The molecule has 2 aromatic heterocycles.